The highest BCUT2D eigenvalue weighted by molar-refractivity contribution is 5.14. The Hall–Kier alpha value is -0.860. The van der Waals surface area contributed by atoms with Crippen LogP contribution in [-0.2, 0) is 6.42 Å². The molecule has 106 valence electrons. The van der Waals surface area contributed by atoms with Gasteiger partial charge in [-0.3, -0.25) is 0 Å². The molecule has 1 aliphatic carbocycles. The van der Waals surface area contributed by atoms with Gasteiger partial charge in [0.25, 0.3) is 0 Å². The molecular weight excluding hydrogens is 234 g/mol. The Bertz CT molecular complexity index is 355. The van der Waals surface area contributed by atoms with Crippen molar-refractivity contribution >= 4 is 0 Å². The van der Waals surface area contributed by atoms with Crippen molar-refractivity contribution in [2.75, 3.05) is 13.1 Å². The summed E-state index contributed by atoms with van der Waals surface area (Å²) < 4.78 is 0. The van der Waals surface area contributed by atoms with Crippen LogP contribution >= 0.6 is 0 Å². The first kappa shape index (κ1) is 14.5. The third kappa shape index (κ3) is 4.96. The molecule has 0 heterocycles. The molecule has 1 fully saturated rings. The quantitative estimate of drug-likeness (QED) is 0.771. The van der Waals surface area contributed by atoms with E-state index in [1.165, 1.54) is 18.4 Å². The van der Waals surface area contributed by atoms with Crippen LogP contribution < -0.4 is 5.32 Å². The monoisotopic (exact) mass is 261 g/mol. The fraction of sp³-hybridized carbons (Fsp3) is 0.647. The van der Waals surface area contributed by atoms with Crippen LogP contribution in [0.1, 0.15) is 44.6 Å². The Balaban J connectivity index is 1.59. The van der Waals surface area contributed by atoms with Gasteiger partial charge in [-0.05, 0) is 56.6 Å². The lowest BCUT2D eigenvalue weighted by Gasteiger charge is -2.35. The molecule has 0 aromatic heterocycles. The van der Waals surface area contributed by atoms with Gasteiger partial charge >= 0.3 is 0 Å². The van der Waals surface area contributed by atoms with Crippen molar-refractivity contribution < 1.29 is 5.11 Å². The summed E-state index contributed by atoms with van der Waals surface area (Å²) in [7, 11) is 0. The molecule has 2 nitrogen and oxygen atoms in total. The van der Waals surface area contributed by atoms with Crippen LogP contribution in [0.2, 0.25) is 0 Å². The van der Waals surface area contributed by atoms with Crippen LogP contribution in [-0.4, -0.2) is 23.8 Å². The van der Waals surface area contributed by atoms with E-state index in [2.05, 4.69) is 42.6 Å². The van der Waals surface area contributed by atoms with Crippen molar-refractivity contribution in [2.45, 2.75) is 51.0 Å². The summed E-state index contributed by atoms with van der Waals surface area (Å²) in [4.78, 5) is 0. The molecule has 0 spiro atoms. The standard InChI is InChI=1S/C17H27NO/c1-15-9-11-17(19,12-10-15)14-18-13-5-8-16-6-3-2-4-7-16/h2-4,6-7,15,18-19H,5,8-14H2,1H3. The van der Waals surface area contributed by atoms with E-state index in [-0.39, 0.29) is 0 Å². The van der Waals surface area contributed by atoms with Gasteiger partial charge in [-0.15, -0.1) is 0 Å². The maximum atomic E-state index is 10.4. The van der Waals surface area contributed by atoms with Crippen molar-refractivity contribution in [3.63, 3.8) is 0 Å². The number of benzene rings is 1. The second-order valence-electron chi connectivity index (χ2n) is 6.17. The van der Waals surface area contributed by atoms with Gasteiger partial charge < -0.3 is 10.4 Å². The summed E-state index contributed by atoms with van der Waals surface area (Å²) in [6.45, 7) is 4.04. The summed E-state index contributed by atoms with van der Waals surface area (Å²) in [6, 6.07) is 10.6. The fourth-order valence-electron chi connectivity index (χ4n) is 2.86. The van der Waals surface area contributed by atoms with E-state index < -0.39 is 5.60 Å². The van der Waals surface area contributed by atoms with Crippen LogP contribution in [0.4, 0.5) is 0 Å². The zero-order chi connectivity index (χ0) is 13.6. The van der Waals surface area contributed by atoms with Crippen molar-refractivity contribution in [1.29, 1.82) is 0 Å². The molecule has 2 rings (SSSR count). The van der Waals surface area contributed by atoms with Crippen molar-refractivity contribution in [1.82, 2.24) is 5.32 Å². The molecule has 2 N–H and O–H groups in total. The van der Waals surface area contributed by atoms with Crippen LogP contribution in [0.15, 0.2) is 30.3 Å². The highest BCUT2D eigenvalue weighted by Crippen LogP contribution is 2.31. The van der Waals surface area contributed by atoms with Gasteiger partial charge in [-0.1, -0.05) is 37.3 Å². The average Bonchev–Trinajstić information content (AvgIpc) is 2.43. The smallest absolute Gasteiger partial charge is 0.0771 e. The second kappa shape index (κ2) is 7.06. The van der Waals surface area contributed by atoms with Crippen LogP contribution in [0, 0.1) is 5.92 Å². The highest BCUT2D eigenvalue weighted by Gasteiger charge is 2.30. The zero-order valence-corrected chi connectivity index (χ0v) is 12.1. The summed E-state index contributed by atoms with van der Waals surface area (Å²) in [5.41, 5.74) is 0.953. The molecule has 0 unspecified atom stereocenters. The van der Waals surface area contributed by atoms with E-state index >= 15 is 0 Å². The van der Waals surface area contributed by atoms with Gasteiger partial charge in [-0.25, -0.2) is 0 Å². The maximum absolute atomic E-state index is 10.4. The second-order valence-corrected chi connectivity index (χ2v) is 6.17. The Morgan fingerprint density at radius 1 is 1.21 bits per heavy atom. The number of hydrogen-bond donors (Lipinski definition) is 2. The molecular formula is C17H27NO. The minimum absolute atomic E-state index is 0.445. The molecule has 1 saturated carbocycles. The minimum atomic E-state index is -0.445. The summed E-state index contributed by atoms with van der Waals surface area (Å²) in [5.74, 6) is 0.790. The highest BCUT2D eigenvalue weighted by atomic mass is 16.3. The number of hydrogen-bond acceptors (Lipinski definition) is 2. The molecule has 0 atom stereocenters. The van der Waals surface area contributed by atoms with Gasteiger partial charge in [0.1, 0.15) is 0 Å². The topological polar surface area (TPSA) is 32.3 Å². The van der Waals surface area contributed by atoms with E-state index in [4.69, 9.17) is 0 Å². The average molecular weight is 261 g/mol. The number of nitrogens with one attached hydrogen (secondary N) is 1. The molecule has 1 aromatic carbocycles. The number of rotatable bonds is 6. The Morgan fingerprint density at radius 3 is 2.58 bits per heavy atom. The Kier molecular flexibility index (Phi) is 5.41. The molecule has 2 heteroatoms. The summed E-state index contributed by atoms with van der Waals surface area (Å²) in [5, 5.41) is 13.9. The van der Waals surface area contributed by atoms with E-state index in [0.717, 1.165) is 44.7 Å². The van der Waals surface area contributed by atoms with E-state index in [1.807, 2.05) is 0 Å². The minimum Gasteiger partial charge on any atom is -0.389 e. The summed E-state index contributed by atoms with van der Waals surface area (Å²) >= 11 is 0. The molecule has 0 radical (unpaired) electrons. The summed E-state index contributed by atoms with van der Waals surface area (Å²) in [6.07, 6.45) is 6.50. The fourth-order valence-corrected chi connectivity index (χ4v) is 2.86. The van der Waals surface area contributed by atoms with E-state index in [9.17, 15) is 5.11 Å². The lowest BCUT2D eigenvalue weighted by molar-refractivity contribution is -0.00592. The zero-order valence-electron chi connectivity index (χ0n) is 12.1. The molecule has 1 aromatic rings. The van der Waals surface area contributed by atoms with Gasteiger partial charge in [-0.2, -0.15) is 0 Å². The normalized spacial score (nSPS) is 27.4. The first-order valence-corrected chi connectivity index (χ1v) is 7.65. The predicted molar refractivity (Wildman–Crippen MR) is 80.2 cm³/mol. The van der Waals surface area contributed by atoms with Gasteiger partial charge in [0.15, 0.2) is 0 Å². The molecule has 0 saturated heterocycles. The first-order chi connectivity index (χ1) is 9.18. The third-order valence-corrected chi connectivity index (χ3v) is 4.32. The van der Waals surface area contributed by atoms with Gasteiger partial charge in [0.05, 0.1) is 5.60 Å². The van der Waals surface area contributed by atoms with Gasteiger partial charge in [0, 0.05) is 6.54 Å². The van der Waals surface area contributed by atoms with Crippen LogP contribution in [0.5, 0.6) is 0 Å². The number of aliphatic hydroxyl groups is 1. The van der Waals surface area contributed by atoms with Crippen molar-refractivity contribution in [3.05, 3.63) is 35.9 Å². The molecule has 0 amide bonds. The lowest BCUT2D eigenvalue weighted by atomic mass is 9.79. The van der Waals surface area contributed by atoms with Crippen LogP contribution in [0.25, 0.3) is 0 Å². The molecule has 1 aliphatic rings. The van der Waals surface area contributed by atoms with Crippen molar-refractivity contribution in [2.24, 2.45) is 5.92 Å². The van der Waals surface area contributed by atoms with Crippen molar-refractivity contribution in [3.8, 4) is 0 Å². The number of aryl methyl sites for hydroxylation is 1. The molecule has 19 heavy (non-hydrogen) atoms. The third-order valence-electron chi connectivity index (χ3n) is 4.32. The van der Waals surface area contributed by atoms with Gasteiger partial charge in [0.2, 0.25) is 0 Å². The largest absolute Gasteiger partial charge is 0.389 e. The Morgan fingerprint density at radius 2 is 1.89 bits per heavy atom. The Labute approximate surface area is 117 Å². The SMILES string of the molecule is CC1CCC(O)(CNCCCc2ccccc2)CC1. The van der Waals surface area contributed by atoms with E-state index in [1.54, 1.807) is 0 Å². The molecule has 0 aliphatic heterocycles. The molecule has 0 bridgehead atoms. The van der Waals surface area contributed by atoms with E-state index in [0.29, 0.717) is 0 Å². The van der Waals surface area contributed by atoms with Crippen LogP contribution in [0.3, 0.4) is 0 Å². The lowest BCUT2D eigenvalue weighted by Crippen LogP contribution is -2.43. The first-order valence-electron chi connectivity index (χ1n) is 7.65. The predicted octanol–water partition coefficient (Wildman–Crippen LogP) is 3.15. The maximum Gasteiger partial charge on any atom is 0.0771 e.